The lowest BCUT2D eigenvalue weighted by Crippen LogP contribution is -2.22. The minimum atomic E-state index is -0.883. The van der Waals surface area contributed by atoms with Gasteiger partial charge in [-0.15, -0.1) is 0 Å². The Morgan fingerprint density at radius 3 is 2.56 bits per heavy atom. The van der Waals surface area contributed by atoms with Gasteiger partial charge < -0.3 is 14.5 Å². The summed E-state index contributed by atoms with van der Waals surface area (Å²) in [6.07, 6.45) is 0. The van der Waals surface area contributed by atoms with E-state index in [1.54, 1.807) is 6.07 Å². The first-order valence-corrected chi connectivity index (χ1v) is 9.06. The number of aromatic nitrogens is 1. The minimum Gasteiger partial charge on any atom is -0.466 e. The number of nitrogens with one attached hydrogen (secondary N) is 1. The summed E-state index contributed by atoms with van der Waals surface area (Å²) in [6, 6.07) is 5.66. The van der Waals surface area contributed by atoms with Crippen molar-refractivity contribution in [3.8, 4) is 0 Å². The van der Waals surface area contributed by atoms with Crippen molar-refractivity contribution in [1.82, 2.24) is 4.98 Å². The Bertz CT molecular complexity index is 1040. The number of ether oxygens (including phenoxy) is 2. The van der Waals surface area contributed by atoms with Crippen molar-refractivity contribution in [2.24, 2.45) is 0 Å². The normalized spacial score (nSPS) is 15.9. The first kappa shape index (κ1) is 18.9. The van der Waals surface area contributed by atoms with Crippen LogP contribution in [0.15, 0.2) is 44.6 Å². The average Bonchev–Trinajstić information content (AvgIpc) is 3.04. The van der Waals surface area contributed by atoms with E-state index in [0.717, 1.165) is 30.2 Å². The molecule has 0 saturated heterocycles. The predicted octanol–water partition coefficient (Wildman–Crippen LogP) is 2.18. The molecule has 1 N–H and O–H groups in total. The van der Waals surface area contributed by atoms with E-state index in [9.17, 15) is 24.5 Å². The van der Waals surface area contributed by atoms with E-state index in [0.29, 0.717) is 15.5 Å². The van der Waals surface area contributed by atoms with Crippen LogP contribution in [0, 0.1) is 10.1 Å². The van der Waals surface area contributed by atoms with Crippen molar-refractivity contribution in [1.29, 1.82) is 0 Å². The van der Waals surface area contributed by atoms with Crippen LogP contribution in [0.5, 0.6) is 0 Å². The fraction of sp³-hybridized carbons (Fsp3) is 0.188. The van der Waals surface area contributed by atoms with E-state index in [1.807, 2.05) is 0 Å². The molecule has 2 heterocycles. The Morgan fingerprint density at radius 2 is 1.93 bits per heavy atom. The van der Waals surface area contributed by atoms with Crippen LogP contribution in [0.25, 0.3) is 0 Å². The molecule has 0 saturated carbocycles. The Morgan fingerprint density at radius 1 is 1.22 bits per heavy atom. The summed E-state index contributed by atoms with van der Waals surface area (Å²) in [5, 5.41) is 11.5. The van der Waals surface area contributed by atoms with Crippen molar-refractivity contribution in [2.75, 3.05) is 14.2 Å². The number of nitro groups is 1. The maximum absolute atomic E-state index is 12.5. The molecule has 0 fully saturated rings. The molecule has 0 bridgehead atoms. The maximum atomic E-state index is 12.5. The van der Waals surface area contributed by atoms with Gasteiger partial charge in [-0.25, -0.2) is 9.59 Å². The third-order valence-corrected chi connectivity index (χ3v) is 6.03. The number of carbonyl (C=O) groups excluding carboxylic acids is 2. The van der Waals surface area contributed by atoms with E-state index >= 15 is 0 Å². The van der Waals surface area contributed by atoms with Gasteiger partial charge in [0.25, 0.3) is 5.69 Å². The van der Waals surface area contributed by atoms with Crippen LogP contribution in [0.2, 0.25) is 0 Å². The van der Waals surface area contributed by atoms with Crippen molar-refractivity contribution < 1.29 is 24.0 Å². The van der Waals surface area contributed by atoms with Gasteiger partial charge in [0.2, 0.25) is 0 Å². The number of benzene rings is 1. The van der Waals surface area contributed by atoms with Crippen LogP contribution >= 0.6 is 23.1 Å². The molecule has 1 aliphatic rings. The zero-order valence-corrected chi connectivity index (χ0v) is 15.6. The van der Waals surface area contributed by atoms with Crippen LogP contribution in [0.4, 0.5) is 5.69 Å². The molecule has 1 atom stereocenters. The summed E-state index contributed by atoms with van der Waals surface area (Å²) in [6.45, 7) is 0. The highest BCUT2D eigenvalue weighted by molar-refractivity contribution is 8.04. The number of thioether (sulfide) groups is 1. The van der Waals surface area contributed by atoms with E-state index < -0.39 is 22.8 Å². The van der Waals surface area contributed by atoms with Gasteiger partial charge in [0.05, 0.1) is 40.5 Å². The van der Waals surface area contributed by atoms with Crippen LogP contribution in [0.1, 0.15) is 16.4 Å². The molecule has 0 amide bonds. The number of fused-ring (bicyclic) bond motifs is 1. The number of thiazole rings is 1. The molecule has 0 unspecified atom stereocenters. The summed E-state index contributed by atoms with van der Waals surface area (Å²) in [5.41, 5.74) is 0.166. The molecule has 1 aromatic heterocycles. The molecule has 140 valence electrons. The number of non-ortho nitro benzene ring substituents is 1. The maximum Gasteiger partial charge on any atom is 0.345 e. The molecule has 2 aromatic rings. The lowest BCUT2D eigenvalue weighted by atomic mass is 9.88. The average molecular weight is 408 g/mol. The Labute approximate surface area is 160 Å². The second-order valence-electron chi connectivity index (χ2n) is 5.32. The van der Waals surface area contributed by atoms with Crippen LogP contribution < -0.4 is 4.87 Å². The standard InChI is InChI=1S/C16H12N2O7S2/c1-24-14(19)10-9(7-4-3-5-8(6-7)18(22)23)11-13(17-16(21)27-11)26-12(10)15(20)25-2/h3-6,9H,1-2H3,(H,17,21)/t9-/m0/s1. The molecule has 1 aromatic carbocycles. The SMILES string of the molecule is COC(=O)C1=C(C(=O)OC)[C@H](c2cccc([N+](=O)[O-])c2)c2sc(=O)[nH]c2S1. The number of rotatable bonds is 4. The van der Waals surface area contributed by atoms with Crippen molar-refractivity contribution in [3.05, 3.63) is 65.0 Å². The highest BCUT2D eigenvalue weighted by atomic mass is 32.2. The fourth-order valence-electron chi connectivity index (χ4n) is 2.71. The molecule has 1 aliphatic heterocycles. The molecule has 27 heavy (non-hydrogen) atoms. The largest absolute Gasteiger partial charge is 0.466 e. The quantitative estimate of drug-likeness (QED) is 0.463. The Hall–Kier alpha value is -2.92. The summed E-state index contributed by atoms with van der Waals surface area (Å²) in [7, 11) is 2.33. The number of aromatic amines is 1. The van der Waals surface area contributed by atoms with Gasteiger partial charge in [0.1, 0.15) is 4.91 Å². The zero-order valence-electron chi connectivity index (χ0n) is 14.0. The third-order valence-electron chi connectivity index (χ3n) is 3.83. The number of hydrogen-bond acceptors (Lipinski definition) is 9. The molecular formula is C16H12N2O7S2. The minimum absolute atomic E-state index is 0.0300. The molecule has 0 aliphatic carbocycles. The Kier molecular flexibility index (Phi) is 5.15. The summed E-state index contributed by atoms with van der Waals surface area (Å²) >= 11 is 1.76. The number of nitrogens with zero attached hydrogens (tertiary/aromatic N) is 1. The van der Waals surface area contributed by atoms with E-state index in [2.05, 4.69) is 4.98 Å². The molecule has 11 heteroatoms. The second-order valence-corrected chi connectivity index (χ2v) is 7.36. The highest BCUT2D eigenvalue weighted by Gasteiger charge is 2.40. The Balaban J connectivity index is 2.31. The van der Waals surface area contributed by atoms with Crippen LogP contribution in [-0.2, 0) is 19.1 Å². The van der Waals surface area contributed by atoms with Gasteiger partial charge in [-0.1, -0.05) is 35.2 Å². The third kappa shape index (κ3) is 3.38. The van der Waals surface area contributed by atoms with Gasteiger partial charge in [0.15, 0.2) is 0 Å². The molecule has 9 nitrogen and oxygen atoms in total. The number of methoxy groups -OCH3 is 2. The lowest BCUT2D eigenvalue weighted by molar-refractivity contribution is -0.384. The predicted molar refractivity (Wildman–Crippen MR) is 96.8 cm³/mol. The van der Waals surface area contributed by atoms with Crippen molar-refractivity contribution in [3.63, 3.8) is 0 Å². The molecule has 3 rings (SSSR count). The second kappa shape index (κ2) is 7.37. The van der Waals surface area contributed by atoms with Crippen LogP contribution in [-0.4, -0.2) is 36.1 Å². The van der Waals surface area contributed by atoms with E-state index in [4.69, 9.17) is 9.47 Å². The summed E-state index contributed by atoms with van der Waals surface area (Å²) in [4.78, 5) is 49.9. The number of esters is 2. The van der Waals surface area contributed by atoms with E-state index in [1.165, 1.54) is 25.3 Å². The van der Waals surface area contributed by atoms with E-state index in [-0.39, 0.29) is 21.0 Å². The lowest BCUT2D eigenvalue weighted by Gasteiger charge is -2.25. The first-order valence-electron chi connectivity index (χ1n) is 7.43. The molecule has 0 radical (unpaired) electrons. The topological polar surface area (TPSA) is 129 Å². The first-order chi connectivity index (χ1) is 12.9. The van der Waals surface area contributed by atoms with Gasteiger partial charge in [-0.3, -0.25) is 14.9 Å². The molecule has 0 spiro atoms. The summed E-state index contributed by atoms with van der Waals surface area (Å²) < 4.78 is 9.59. The fourth-order valence-corrected chi connectivity index (χ4v) is 4.94. The van der Waals surface area contributed by atoms with Gasteiger partial charge in [-0.05, 0) is 5.56 Å². The smallest absolute Gasteiger partial charge is 0.345 e. The van der Waals surface area contributed by atoms with Gasteiger partial charge in [0, 0.05) is 12.1 Å². The highest BCUT2D eigenvalue weighted by Crippen LogP contribution is 2.49. The number of carbonyl (C=O) groups is 2. The zero-order chi connectivity index (χ0) is 19.7. The number of nitro benzene ring substituents is 1. The molecular weight excluding hydrogens is 396 g/mol. The van der Waals surface area contributed by atoms with Gasteiger partial charge >= 0.3 is 16.8 Å². The number of hydrogen-bond donors (Lipinski definition) is 1. The monoisotopic (exact) mass is 408 g/mol. The summed E-state index contributed by atoms with van der Waals surface area (Å²) in [5.74, 6) is -2.44. The number of H-pyrrole nitrogens is 1. The van der Waals surface area contributed by atoms with Gasteiger partial charge in [-0.2, -0.15) is 0 Å². The van der Waals surface area contributed by atoms with Crippen molar-refractivity contribution in [2.45, 2.75) is 10.9 Å². The van der Waals surface area contributed by atoms with Crippen LogP contribution in [0.3, 0.4) is 0 Å². The van der Waals surface area contributed by atoms with Crippen molar-refractivity contribution >= 4 is 40.7 Å².